The van der Waals surface area contributed by atoms with Gasteiger partial charge in [-0.2, -0.15) is 4.98 Å². The summed E-state index contributed by atoms with van der Waals surface area (Å²) in [6, 6.07) is 18.6. The van der Waals surface area contributed by atoms with Crippen LogP contribution >= 0.6 is 0 Å². The molecule has 3 aromatic carbocycles. The van der Waals surface area contributed by atoms with Crippen molar-refractivity contribution >= 4 is 0 Å². The van der Waals surface area contributed by atoms with Crippen molar-refractivity contribution in [3.8, 4) is 28.6 Å². The Morgan fingerprint density at radius 1 is 0.929 bits per heavy atom. The predicted molar refractivity (Wildman–Crippen MR) is 101 cm³/mol. The third-order valence-electron chi connectivity index (χ3n) is 4.28. The summed E-state index contributed by atoms with van der Waals surface area (Å²) in [6.45, 7) is 2.09. The van der Waals surface area contributed by atoms with E-state index in [4.69, 9.17) is 9.26 Å². The van der Waals surface area contributed by atoms with E-state index in [-0.39, 0.29) is 6.61 Å². The molecule has 0 aliphatic rings. The summed E-state index contributed by atoms with van der Waals surface area (Å²) in [4.78, 5) is 4.47. The Bertz CT molecular complexity index is 1120. The Morgan fingerprint density at radius 2 is 1.79 bits per heavy atom. The van der Waals surface area contributed by atoms with Crippen molar-refractivity contribution in [1.29, 1.82) is 0 Å². The molecule has 140 valence electrons. The molecule has 4 rings (SSSR count). The number of nitrogens with zero attached hydrogens (tertiary/aromatic N) is 2. The van der Waals surface area contributed by atoms with Gasteiger partial charge in [-0.3, -0.25) is 0 Å². The topological polar surface area (TPSA) is 48.2 Å². The molecule has 0 saturated heterocycles. The fraction of sp³-hybridized carbons (Fsp3) is 0.0909. The molecule has 28 heavy (non-hydrogen) atoms. The van der Waals surface area contributed by atoms with Crippen LogP contribution < -0.4 is 4.74 Å². The molecule has 0 aliphatic heterocycles. The molecular weight excluding hydrogens is 362 g/mol. The van der Waals surface area contributed by atoms with E-state index in [0.717, 1.165) is 28.8 Å². The zero-order chi connectivity index (χ0) is 19.5. The molecule has 4 aromatic rings. The Kier molecular flexibility index (Phi) is 4.85. The van der Waals surface area contributed by atoms with Crippen molar-refractivity contribution in [2.45, 2.75) is 13.5 Å². The van der Waals surface area contributed by atoms with Crippen LogP contribution in [0.25, 0.3) is 22.8 Å². The van der Waals surface area contributed by atoms with Gasteiger partial charge >= 0.3 is 0 Å². The summed E-state index contributed by atoms with van der Waals surface area (Å²) >= 11 is 0. The number of rotatable bonds is 5. The largest absolute Gasteiger partial charge is 0.489 e. The van der Waals surface area contributed by atoms with Crippen molar-refractivity contribution in [3.63, 3.8) is 0 Å². The normalized spacial score (nSPS) is 10.8. The molecule has 0 atom stereocenters. The van der Waals surface area contributed by atoms with Crippen LogP contribution in [-0.4, -0.2) is 10.1 Å². The zero-order valence-corrected chi connectivity index (χ0v) is 15.0. The van der Waals surface area contributed by atoms with E-state index in [1.807, 2.05) is 37.3 Å². The molecule has 0 N–H and O–H groups in total. The van der Waals surface area contributed by atoms with Gasteiger partial charge in [0.1, 0.15) is 12.4 Å². The van der Waals surface area contributed by atoms with E-state index in [0.29, 0.717) is 23.0 Å². The second kappa shape index (κ2) is 7.60. The van der Waals surface area contributed by atoms with Crippen LogP contribution in [0.4, 0.5) is 8.78 Å². The first-order valence-electron chi connectivity index (χ1n) is 8.67. The first kappa shape index (κ1) is 17.9. The van der Waals surface area contributed by atoms with Crippen molar-refractivity contribution in [1.82, 2.24) is 10.1 Å². The van der Waals surface area contributed by atoms with E-state index >= 15 is 0 Å². The molecule has 0 amide bonds. The van der Waals surface area contributed by atoms with E-state index in [1.54, 1.807) is 18.2 Å². The smallest absolute Gasteiger partial charge is 0.258 e. The van der Waals surface area contributed by atoms with Crippen LogP contribution in [0.1, 0.15) is 11.1 Å². The Hall–Kier alpha value is -3.54. The molecule has 0 radical (unpaired) electrons. The van der Waals surface area contributed by atoms with Gasteiger partial charge in [0.05, 0.1) is 0 Å². The first-order valence-corrected chi connectivity index (χ1v) is 8.67. The van der Waals surface area contributed by atoms with Crippen molar-refractivity contribution in [2.75, 3.05) is 0 Å². The Balaban J connectivity index is 1.52. The SMILES string of the molecule is Cc1ccccc1-c1nc(-c2cccc(OCc3ccc(F)c(F)c3)c2)no1. The fourth-order valence-corrected chi connectivity index (χ4v) is 2.78. The maximum absolute atomic E-state index is 13.3. The highest BCUT2D eigenvalue weighted by atomic mass is 19.2. The molecule has 0 spiro atoms. The summed E-state index contributed by atoms with van der Waals surface area (Å²) in [5.41, 5.74) is 3.19. The summed E-state index contributed by atoms with van der Waals surface area (Å²) < 4.78 is 37.4. The number of aryl methyl sites for hydroxylation is 1. The van der Waals surface area contributed by atoms with Crippen LogP contribution in [-0.2, 0) is 6.61 Å². The first-order chi connectivity index (χ1) is 13.6. The van der Waals surface area contributed by atoms with Crippen molar-refractivity contribution in [2.24, 2.45) is 0 Å². The van der Waals surface area contributed by atoms with Gasteiger partial charge in [0.15, 0.2) is 11.6 Å². The predicted octanol–water partition coefficient (Wildman–Crippen LogP) is 5.57. The standard InChI is InChI=1S/C22H16F2N2O2/c1-14-5-2-3-8-18(14)22-25-21(26-28-22)16-6-4-7-17(12-16)27-13-15-9-10-19(23)20(24)11-15/h2-12H,13H2,1H3. The van der Waals surface area contributed by atoms with Gasteiger partial charge in [-0.1, -0.05) is 41.6 Å². The lowest BCUT2D eigenvalue weighted by Gasteiger charge is -2.07. The van der Waals surface area contributed by atoms with Crippen molar-refractivity contribution < 1.29 is 18.0 Å². The van der Waals surface area contributed by atoms with Crippen molar-refractivity contribution in [3.05, 3.63) is 89.5 Å². The third-order valence-corrected chi connectivity index (χ3v) is 4.28. The molecule has 0 bridgehead atoms. The third kappa shape index (κ3) is 3.76. The number of halogens is 2. The summed E-state index contributed by atoms with van der Waals surface area (Å²) in [5.74, 6) is -0.333. The number of hydrogen-bond donors (Lipinski definition) is 0. The monoisotopic (exact) mass is 378 g/mol. The van der Waals surface area contributed by atoms with E-state index in [2.05, 4.69) is 10.1 Å². The molecule has 0 unspecified atom stereocenters. The maximum atomic E-state index is 13.3. The number of aromatic nitrogens is 2. The average Bonchev–Trinajstić information content (AvgIpc) is 3.19. The van der Waals surface area contributed by atoms with Crippen LogP contribution in [0.5, 0.6) is 5.75 Å². The highest BCUT2D eigenvalue weighted by Gasteiger charge is 2.13. The van der Waals surface area contributed by atoms with Gasteiger partial charge in [-0.15, -0.1) is 0 Å². The highest BCUT2D eigenvalue weighted by Crippen LogP contribution is 2.26. The maximum Gasteiger partial charge on any atom is 0.258 e. The Labute approximate surface area is 160 Å². The van der Waals surface area contributed by atoms with E-state index in [1.165, 1.54) is 6.07 Å². The molecule has 1 heterocycles. The fourth-order valence-electron chi connectivity index (χ4n) is 2.78. The number of hydrogen-bond acceptors (Lipinski definition) is 4. The number of ether oxygens (including phenoxy) is 1. The van der Waals surface area contributed by atoms with E-state index < -0.39 is 11.6 Å². The molecular formula is C22H16F2N2O2. The van der Waals surface area contributed by atoms with Gasteiger partial charge < -0.3 is 9.26 Å². The second-order valence-corrected chi connectivity index (χ2v) is 6.30. The lowest BCUT2D eigenvalue weighted by atomic mass is 10.1. The summed E-state index contributed by atoms with van der Waals surface area (Å²) in [5, 5.41) is 4.05. The zero-order valence-electron chi connectivity index (χ0n) is 15.0. The van der Waals surface area contributed by atoms with E-state index in [9.17, 15) is 8.78 Å². The quantitative estimate of drug-likeness (QED) is 0.456. The highest BCUT2D eigenvalue weighted by molar-refractivity contribution is 5.63. The lowest BCUT2D eigenvalue weighted by molar-refractivity contribution is 0.305. The summed E-state index contributed by atoms with van der Waals surface area (Å²) in [6.07, 6.45) is 0. The Morgan fingerprint density at radius 3 is 2.61 bits per heavy atom. The van der Waals surface area contributed by atoms with Gasteiger partial charge in [-0.05, 0) is 48.4 Å². The molecule has 1 aromatic heterocycles. The second-order valence-electron chi connectivity index (χ2n) is 6.30. The number of benzene rings is 3. The van der Waals surface area contributed by atoms with Crippen LogP contribution in [0.2, 0.25) is 0 Å². The van der Waals surface area contributed by atoms with Gasteiger partial charge in [0.2, 0.25) is 5.82 Å². The van der Waals surface area contributed by atoms with Crippen LogP contribution in [0.15, 0.2) is 71.3 Å². The molecule has 6 heteroatoms. The minimum Gasteiger partial charge on any atom is -0.489 e. The minimum atomic E-state index is -0.898. The van der Waals surface area contributed by atoms with Gasteiger partial charge in [0.25, 0.3) is 5.89 Å². The molecule has 0 aliphatic carbocycles. The summed E-state index contributed by atoms with van der Waals surface area (Å²) in [7, 11) is 0. The molecule has 0 saturated carbocycles. The molecule has 0 fully saturated rings. The minimum absolute atomic E-state index is 0.112. The van der Waals surface area contributed by atoms with Gasteiger partial charge in [0, 0.05) is 11.1 Å². The molecule has 4 nitrogen and oxygen atoms in total. The van der Waals surface area contributed by atoms with Crippen LogP contribution in [0.3, 0.4) is 0 Å². The average molecular weight is 378 g/mol. The lowest BCUT2D eigenvalue weighted by Crippen LogP contribution is -1.97. The van der Waals surface area contributed by atoms with Crippen LogP contribution in [0, 0.1) is 18.6 Å². The van der Waals surface area contributed by atoms with Gasteiger partial charge in [-0.25, -0.2) is 8.78 Å².